The van der Waals surface area contributed by atoms with Crippen LogP contribution < -0.4 is 4.68 Å². The van der Waals surface area contributed by atoms with Crippen LogP contribution in [0, 0.1) is 39.3 Å². The molecule has 0 aliphatic heterocycles. The molecule has 2 nitrogen and oxygen atoms in total. The summed E-state index contributed by atoms with van der Waals surface area (Å²) in [4.78, 5) is 0. The zero-order chi connectivity index (χ0) is 21.6. The van der Waals surface area contributed by atoms with Gasteiger partial charge in [-0.05, 0) is 61.6 Å². The first-order chi connectivity index (χ1) is 14.3. The van der Waals surface area contributed by atoms with Crippen LogP contribution in [0.4, 0.5) is 8.78 Å². The predicted octanol–water partition coefficient (Wildman–Crippen LogP) is 6.15. The lowest BCUT2D eigenvalue weighted by molar-refractivity contribution is -0.684. The van der Waals surface area contributed by atoms with E-state index in [0.29, 0.717) is 11.3 Å². The van der Waals surface area contributed by atoms with Crippen molar-refractivity contribution in [1.29, 1.82) is 0 Å². The van der Waals surface area contributed by atoms with Crippen molar-refractivity contribution < 1.29 is 13.5 Å². The molecule has 0 spiro atoms. The van der Waals surface area contributed by atoms with Crippen molar-refractivity contribution in [3.63, 3.8) is 0 Å². The monoisotopic (exact) mass is 403 g/mol. The average molecular weight is 403 g/mol. The highest BCUT2D eigenvalue weighted by Gasteiger charge is 2.27. The number of aromatic nitrogens is 2. The zero-order valence-electron chi connectivity index (χ0n) is 17.9. The average Bonchev–Trinajstić information content (AvgIpc) is 2.96. The van der Waals surface area contributed by atoms with Gasteiger partial charge in [0.1, 0.15) is 5.82 Å². The molecule has 0 unspecified atom stereocenters. The van der Waals surface area contributed by atoms with Crippen LogP contribution in [-0.2, 0) is 7.05 Å². The molecule has 0 amide bonds. The van der Waals surface area contributed by atoms with Gasteiger partial charge < -0.3 is 0 Å². The normalized spacial score (nSPS) is 11.2. The first-order valence-electron chi connectivity index (χ1n) is 9.99. The summed E-state index contributed by atoms with van der Waals surface area (Å²) in [5.74, 6) is -1.14. The molecule has 0 saturated carbocycles. The quantitative estimate of drug-likeness (QED) is 0.363. The Morgan fingerprint density at radius 1 is 0.767 bits per heavy atom. The van der Waals surface area contributed by atoms with E-state index >= 15 is 0 Å². The van der Waals surface area contributed by atoms with Gasteiger partial charge in [0, 0.05) is 11.6 Å². The smallest absolute Gasteiger partial charge is 0.207 e. The number of halogens is 2. The third-order valence-corrected chi connectivity index (χ3v) is 5.81. The Hall–Kier alpha value is -3.27. The maximum absolute atomic E-state index is 14.6. The second-order valence-corrected chi connectivity index (χ2v) is 7.90. The molecule has 4 rings (SSSR count). The number of aryl methyl sites for hydroxylation is 3. The SMILES string of the molecule is Cc1cc(-c2ccccc2)cc(C)c1-c1c[n+](-c2c(C)cc(F)cc2F)n(C)c1C. The number of hydrogen-bond donors (Lipinski definition) is 0. The van der Waals surface area contributed by atoms with E-state index in [2.05, 4.69) is 38.1 Å². The molecule has 4 heteroatoms. The highest BCUT2D eigenvalue weighted by Crippen LogP contribution is 2.33. The fraction of sp³-hybridized carbons (Fsp3) is 0.192. The van der Waals surface area contributed by atoms with Crippen molar-refractivity contribution in [1.82, 2.24) is 4.68 Å². The van der Waals surface area contributed by atoms with Gasteiger partial charge in [0.25, 0.3) is 5.69 Å². The van der Waals surface area contributed by atoms with Crippen molar-refractivity contribution in [3.8, 4) is 27.9 Å². The first-order valence-corrected chi connectivity index (χ1v) is 9.99. The fourth-order valence-electron chi connectivity index (χ4n) is 4.27. The van der Waals surface area contributed by atoms with Crippen LogP contribution in [-0.4, -0.2) is 4.68 Å². The summed E-state index contributed by atoms with van der Waals surface area (Å²) in [6.45, 7) is 7.96. The van der Waals surface area contributed by atoms with E-state index in [-0.39, 0.29) is 0 Å². The molecule has 0 N–H and O–H groups in total. The van der Waals surface area contributed by atoms with Crippen LogP contribution in [0.25, 0.3) is 27.9 Å². The summed E-state index contributed by atoms with van der Waals surface area (Å²) >= 11 is 0. The molecule has 152 valence electrons. The van der Waals surface area contributed by atoms with E-state index in [1.807, 2.05) is 43.0 Å². The molecule has 4 aromatic rings. The first kappa shape index (κ1) is 20.0. The maximum Gasteiger partial charge on any atom is 0.274 e. The summed E-state index contributed by atoms with van der Waals surface area (Å²) in [6.07, 6.45) is 1.94. The fourth-order valence-corrected chi connectivity index (χ4v) is 4.27. The number of benzene rings is 3. The van der Waals surface area contributed by atoms with Gasteiger partial charge in [0.05, 0.1) is 18.3 Å². The van der Waals surface area contributed by atoms with Crippen LogP contribution in [0.3, 0.4) is 0 Å². The molecule has 1 heterocycles. The van der Waals surface area contributed by atoms with E-state index in [0.717, 1.165) is 34.0 Å². The molecular weight excluding hydrogens is 378 g/mol. The number of nitrogens with zero attached hydrogens (tertiary/aromatic N) is 2. The third-order valence-electron chi connectivity index (χ3n) is 5.81. The molecular formula is C26H25F2N2+. The second kappa shape index (κ2) is 7.52. The van der Waals surface area contributed by atoms with E-state index < -0.39 is 11.6 Å². The van der Waals surface area contributed by atoms with E-state index in [9.17, 15) is 8.78 Å². The molecule has 0 aliphatic carbocycles. The van der Waals surface area contributed by atoms with Gasteiger partial charge in [0.15, 0.2) is 5.82 Å². The minimum absolute atomic E-state index is 0.365. The molecule has 3 aromatic carbocycles. The Morgan fingerprint density at radius 2 is 1.40 bits per heavy atom. The Balaban J connectivity index is 1.88. The molecule has 0 saturated heterocycles. The highest BCUT2D eigenvalue weighted by atomic mass is 19.1. The van der Waals surface area contributed by atoms with Gasteiger partial charge >= 0.3 is 0 Å². The van der Waals surface area contributed by atoms with Crippen LogP contribution in [0.15, 0.2) is 60.8 Å². The largest absolute Gasteiger partial charge is 0.274 e. The molecule has 0 fully saturated rings. The van der Waals surface area contributed by atoms with Crippen molar-refractivity contribution in [2.45, 2.75) is 27.7 Å². The lowest BCUT2D eigenvalue weighted by atomic mass is 9.92. The molecule has 0 radical (unpaired) electrons. The van der Waals surface area contributed by atoms with Crippen molar-refractivity contribution in [2.24, 2.45) is 7.05 Å². The summed E-state index contributed by atoms with van der Waals surface area (Å²) in [6, 6.07) is 17.0. The van der Waals surface area contributed by atoms with Crippen molar-refractivity contribution >= 4 is 0 Å². The van der Waals surface area contributed by atoms with Crippen molar-refractivity contribution in [2.75, 3.05) is 0 Å². The third kappa shape index (κ3) is 3.32. The lowest BCUT2D eigenvalue weighted by Gasteiger charge is -2.12. The van der Waals surface area contributed by atoms with Gasteiger partial charge in [-0.3, -0.25) is 0 Å². The minimum atomic E-state index is -0.572. The van der Waals surface area contributed by atoms with Gasteiger partial charge in [-0.2, -0.15) is 9.07 Å². The van der Waals surface area contributed by atoms with E-state index in [1.54, 1.807) is 11.6 Å². The highest BCUT2D eigenvalue weighted by molar-refractivity contribution is 5.77. The Morgan fingerprint density at radius 3 is 2.00 bits per heavy atom. The van der Waals surface area contributed by atoms with E-state index in [1.165, 1.54) is 17.2 Å². The summed E-state index contributed by atoms with van der Waals surface area (Å²) < 4.78 is 31.9. The molecule has 0 atom stereocenters. The topological polar surface area (TPSA) is 8.81 Å². The van der Waals surface area contributed by atoms with Gasteiger partial charge in [-0.15, -0.1) is 0 Å². The van der Waals surface area contributed by atoms with Crippen LogP contribution in [0.1, 0.15) is 22.4 Å². The molecule has 30 heavy (non-hydrogen) atoms. The molecule has 1 aromatic heterocycles. The standard InChI is InChI=1S/C26H25F2N2/c1-16-11-21(20-9-7-6-8-10-20)12-17(2)25(16)23-15-30(29(5)19(23)4)26-18(3)13-22(27)14-24(26)28/h6-15H,1-5H3/q+1. The molecule has 0 bridgehead atoms. The van der Waals surface area contributed by atoms with Gasteiger partial charge in [-0.25, -0.2) is 4.39 Å². The number of rotatable bonds is 3. The Bertz CT molecular complexity index is 1210. The molecule has 0 aliphatic rings. The van der Waals surface area contributed by atoms with Crippen LogP contribution in [0.2, 0.25) is 0 Å². The Kier molecular flexibility index (Phi) is 5.02. The zero-order valence-corrected chi connectivity index (χ0v) is 17.9. The van der Waals surface area contributed by atoms with E-state index in [4.69, 9.17) is 0 Å². The van der Waals surface area contributed by atoms with Crippen LogP contribution in [0.5, 0.6) is 0 Å². The summed E-state index contributed by atoms with van der Waals surface area (Å²) in [5.41, 5.74) is 8.78. The Labute approximate surface area is 176 Å². The number of hydrogen-bond acceptors (Lipinski definition) is 0. The summed E-state index contributed by atoms with van der Waals surface area (Å²) in [5, 5.41) is 0. The van der Waals surface area contributed by atoms with Gasteiger partial charge in [0.2, 0.25) is 6.20 Å². The maximum atomic E-state index is 14.6. The minimum Gasteiger partial charge on any atom is -0.207 e. The van der Waals surface area contributed by atoms with Crippen molar-refractivity contribution in [3.05, 3.63) is 94.8 Å². The second-order valence-electron chi connectivity index (χ2n) is 7.90. The summed E-state index contributed by atoms with van der Waals surface area (Å²) in [7, 11) is 1.89. The van der Waals surface area contributed by atoms with Crippen LogP contribution >= 0.6 is 0 Å². The predicted molar refractivity (Wildman–Crippen MR) is 117 cm³/mol. The lowest BCUT2D eigenvalue weighted by Crippen LogP contribution is -2.41. The van der Waals surface area contributed by atoms with Gasteiger partial charge in [-0.1, -0.05) is 47.1 Å².